The van der Waals surface area contributed by atoms with E-state index in [1.54, 1.807) is 38.3 Å². The van der Waals surface area contributed by atoms with Crippen LogP contribution in [0.25, 0.3) is 0 Å². The zero-order valence-electron chi connectivity index (χ0n) is 13.6. The molecule has 0 radical (unpaired) electrons. The fraction of sp³-hybridized carbons (Fsp3) is 0.412. The quantitative estimate of drug-likeness (QED) is 0.819. The molecule has 0 aliphatic heterocycles. The van der Waals surface area contributed by atoms with Crippen molar-refractivity contribution in [3.8, 4) is 5.75 Å². The lowest BCUT2D eigenvalue weighted by Crippen LogP contribution is -2.29. The van der Waals surface area contributed by atoms with Crippen molar-refractivity contribution >= 4 is 5.91 Å². The number of aryl methyl sites for hydroxylation is 2. The highest BCUT2D eigenvalue weighted by Crippen LogP contribution is 2.18. The number of carbonyl (C=O) groups excluding carboxylic acids is 1. The average molecular weight is 318 g/mol. The predicted molar refractivity (Wildman–Crippen MR) is 85.5 cm³/mol. The van der Waals surface area contributed by atoms with Crippen LogP contribution in [0.4, 0.5) is 0 Å². The molecule has 2 aromatic rings. The van der Waals surface area contributed by atoms with E-state index < -0.39 is 6.10 Å². The smallest absolute Gasteiger partial charge is 0.256 e. The Kier molecular flexibility index (Phi) is 5.76. The molecule has 1 amide bonds. The van der Waals surface area contributed by atoms with Gasteiger partial charge in [0.1, 0.15) is 17.1 Å². The monoisotopic (exact) mass is 318 g/mol. The summed E-state index contributed by atoms with van der Waals surface area (Å²) in [7, 11) is 1.58. The Morgan fingerprint density at radius 2 is 2.09 bits per heavy atom. The van der Waals surface area contributed by atoms with Crippen LogP contribution in [0, 0.1) is 6.92 Å². The van der Waals surface area contributed by atoms with Crippen LogP contribution in [-0.2, 0) is 6.42 Å². The Morgan fingerprint density at radius 3 is 2.70 bits per heavy atom. The van der Waals surface area contributed by atoms with Crippen molar-refractivity contribution in [2.45, 2.75) is 32.8 Å². The number of carbonyl (C=O) groups is 1. The number of ether oxygens (including phenoxy) is 1. The fourth-order valence-corrected chi connectivity index (χ4v) is 2.33. The van der Waals surface area contributed by atoms with Gasteiger partial charge in [-0.3, -0.25) is 4.79 Å². The Labute approximate surface area is 135 Å². The number of nitrogens with one attached hydrogen (secondary N) is 1. The highest BCUT2D eigenvalue weighted by molar-refractivity contribution is 5.96. The molecule has 0 aliphatic carbocycles. The number of hydrogen-bond donors (Lipinski definition) is 2. The molecule has 0 saturated heterocycles. The average Bonchev–Trinajstić information content (AvgIpc) is 2.93. The highest BCUT2D eigenvalue weighted by Gasteiger charge is 2.20. The standard InChI is InChI=1S/C17H22N2O4/c1-4-5-15-16(11(2)19-23-15)17(21)18-10-14(20)12-6-8-13(22-3)9-7-12/h6-9,14,20H,4-5,10H2,1-3H3,(H,18,21)/t14-/m0/s1. The molecule has 1 heterocycles. The SMILES string of the molecule is CCCc1onc(C)c1C(=O)NC[C@H](O)c1ccc(OC)cc1. The van der Waals surface area contributed by atoms with Crippen LogP contribution < -0.4 is 10.1 Å². The molecule has 23 heavy (non-hydrogen) atoms. The van der Waals surface area contributed by atoms with Gasteiger partial charge in [0, 0.05) is 13.0 Å². The number of rotatable bonds is 7. The van der Waals surface area contributed by atoms with Gasteiger partial charge in [0.05, 0.1) is 18.9 Å². The fourth-order valence-electron chi connectivity index (χ4n) is 2.33. The largest absolute Gasteiger partial charge is 0.497 e. The first kappa shape index (κ1) is 17.0. The van der Waals surface area contributed by atoms with Crippen molar-refractivity contribution in [2.75, 3.05) is 13.7 Å². The van der Waals surface area contributed by atoms with Crippen LogP contribution in [0.5, 0.6) is 5.75 Å². The van der Waals surface area contributed by atoms with Gasteiger partial charge in [-0.05, 0) is 31.0 Å². The van der Waals surface area contributed by atoms with E-state index in [9.17, 15) is 9.90 Å². The van der Waals surface area contributed by atoms with Gasteiger partial charge in [-0.15, -0.1) is 0 Å². The lowest BCUT2D eigenvalue weighted by molar-refractivity contribution is 0.0913. The maximum atomic E-state index is 12.3. The van der Waals surface area contributed by atoms with Gasteiger partial charge in [-0.1, -0.05) is 24.2 Å². The highest BCUT2D eigenvalue weighted by atomic mass is 16.5. The van der Waals surface area contributed by atoms with Gasteiger partial charge in [0.15, 0.2) is 0 Å². The summed E-state index contributed by atoms with van der Waals surface area (Å²) >= 11 is 0. The molecular formula is C17H22N2O4. The molecule has 1 atom stereocenters. The minimum Gasteiger partial charge on any atom is -0.497 e. The van der Waals surface area contributed by atoms with Crippen molar-refractivity contribution in [1.82, 2.24) is 10.5 Å². The summed E-state index contributed by atoms with van der Waals surface area (Å²) in [6, 6.07) is 7.07. The molecule has 1 aromatic heterocycles. The van der Waals surface area contributed by atoms with E-state index in [2.05, 4.69) is 10.5 Å². The number of amides is 1. The Bertz CT molecular complexity index is 649. The molecular weight excluding hydrogens is 296 g/mol. The third kappa shape index (κ3) is 4.10. The van der Waals surface area contributed by atoms with Crippen LogP contribution in [0.2, 0.25) is 0 Å². The number of nitrogens with zero attached hydrogens (tertiary/aromatic N) is 1. The van der Waals surface area contributed by atoms with Crippen LogP contribution >= 0.6 is 0 Å². The summed E-state index contributed by atoms with van der Waals surface area (Å²) in [6.07, 6.45) is 0.730. The summed E-state index contributed by atoms with van der Waals surface area (Å²) in [6.45, 7) is 3.85. The molecule has 2 N–H and O–H groups in total. The van der Waals surface area contributed by atoms with E-state index in [4.69, 9.17) is 9.26 Å². The number of aliphatic hydroxyl groups is 1. The molecule has 1 aromatic carbocycles. The predicted octanol–water partition coefficient (Wildman–Crippen LogP) is 2.41. The van der Waals surface area contributed by atoms with Crippen LogP contribution in [0.3, 0.4) is 0 Å². The molecule has 0 fully saturated rings. The van der Waals surface area contributed by atoms with E-state index in [0.29, 0.717) is 34.8 Å². The second kappa shape index (κ2) is 7.78. The van der Waals surface area contributed by atoms with E-state index in [1.165, 1.54) is 0 Å². The molecule has 0 spiro atoms. The van der Waals surface area contributed by atoms with Gasteiger partial charge in [-0.25, -0.2) is 0 Å². The lowest BCUT2D eigenvalue weighted by atomic mass is 10.1. The summed E-state index contributed by atoms with van der Waals surface area (Å²) in [5.41, 5.74) is 1.74. The van der Waals surface area contributed by atoms with Crippen molar-refractivity contribution in [3.63, 3.8) is 0 Å². The zero-order chi connectivity index (χ0) is 16.8. The first-order chi connectivity index (χ1) is 11.1. The Hall–Kier alpha value is -2.34. The number of aromatic nitrogens is 1. The maximum absolute atomic E-state index is 12.3. The third-order valence-electron chi connectivity index (χ3n) is 3.59. The van der Waals surface area contributed by atoms with Crippen molar-refractivity contribution in [3.05, 3.63) is 46.8 Å². The second-order valence-electron chi connectivity index (χ2n) is 5.32. The minimum atomic E-state index is -0.792. The third-order valence-corrected chi connectivity index (χ3v) is 3.59. The number of aliphatic hydroxyl groups excluding tert-OH is 1. The van der Waals surface area contributed by atoms with Crippen molar-refractivity contribution in [2.24, 2.45) is 0 Å². The topological polar surface area (TPSA) is 84.6 Å². The van der Waals surface area contributed by atoms with Crippen molar-refractivity contribution in [1.29, 1.82) is 0 Å². The van der Waals surface area contributed by atoms with E-state index >= 15 is 0 Å². The summed E-state index contributed by atoms with van der Waals surface area (Å²) in [5.74, 6) is 1.02. The molecule has 2 rings (SSSR count). The Balaban J connectivity index is 1.99. The molecule has 6 heteroatoms. The molecule has 0 bridgehead atoms. The molecule has 6 nitrogen and oxygen atoms in total. The Morgan fingerprint density at radius 1 is 1.39 bits per heavy atom. The zero-order valence-corrected chi connectivity index (χ0v) is 13.6. The van der Waals surface area contributed by atoms with E-state index in [-0.39, 0.29) is 12.5 Å². The normalized spacial score (nSPS) is 12.0. The van der Waals surface area contributed by atoms with Crippen molar-refractivity contribution < 1.29 is 19.2 Å². The number of benzene rings is 1. The first-order valence-electron chi connectivity index (χ1n) is 7.62. The second-order valence-corrected chi connectivity index (χ2v) is 5.32. The van der Waals surface area contributed by atoms with Crippen LogP contribution in [-0.4, -0.2) is 29.8 Å². The van der Waals surface area contributed by atoms with Crippen LogP contribution in [0.1, 0.15) is 46.8 Å². The van der Waals surface area contributed by atoms with E-state index in [0.717, 1.165) is 6.42 Å². The van der Waals surface area contributed by atoms with Gasteiger partial charge in [0.2, 0.25) is 0 Å². The number of methoxy groups -OCH3 is 1. The van der Waals surface area contributed by atoms with E-state index in [1.807, 2.05) is 6.92 Å². The van der Waals surface area contributed by atoms with Gasteiger partial charge in [-0.2, -0.15) is 0 Å². The summed E-state index contributed by atoms with van der Waals surface area (Å²) in [4.78, 5) is 12.3. The summed E-state index contributed by atoms with van der Waals surface area (Å²) < 4.78 is 10.3. The lowest BCUT2D eigenvalue weighted by Gasteiger charge is -2.13. The van der Waals surface area contributed by atoms with Crippen LogP contribution in [0.15, 0.2) is 28.8 Å². The molecule has 0 aliphatic rings. The number of hydrogen-bond acceptors (Lipinski definition) is 5. The molecule has 124 valence electrons. The maximum Gasteiger partial charge on any atom is 0.256 e. The summed E-state index contributed by atoms with van der Waals surface area (Å²) in [5, 5.41) is 16.8. The molecule has 0 saturated carbocycles. The van der Waals surface area contributed by atoms with Gasteiger partial charge in [0.25, 0.3) is 5.91 Å². The van der Waals surface area contributed by atoms with Gasteiger partial charge < -0.3 is 19.7 Å². The molecule has 0 unspecified atom stereocenters. The van der Waals surface area contributed by atoms with Gasteiger partial charge >= 0.3 is 0 Å². The minimum absolute atomic E-state index is 0.112. The first-order valence-corrected chi connectivity index (χ1v) is 7.62.